The SMILES string of the molecule is C/C=C(/Nc1ccc(C)cc1)c1ccc(C(N)=O)c(CC(C)C)c1. The molecule has 0 radical (unpaired) electrons. The highest BCUT2D eigenvalue weighted by Gasteiger charge is 2.12. The zero-order valence-corrected chi connectivity index (χ0v) is 14.9. The average molecular weight is 322 g/mol. The Morgan fingerprint density at radius 1 is 1.17 bits per heavy atom. The van der Waals surface area contributed by atoms with Gasteiger partial charge < -0.3 is 11.1 Å². The first-order valence-corrected chi connectivity index (χ1v) is 8.33. The third-order valence-electron chi connectivity index (χ3n) is 3.93. The van der Waals surface area contributed by atoms with E-state index >= 15 is 0 Å². The third-order valence-corrected chi connectivity index (χ3v) is 3.93. The van der Waals surface area contributed by atoms with Crippen molar-refractivity contribution < 1.29 is 4.79 Å². The summed E-state index contributed by atoms with van der Waals surface area (Å²) in [4.78, 5) is 11.7. The number of aryl methyl sites for hydroxylation is 1. The summed E-state index contributed by atoms with van der Waals surface area (Å²) in [5.41, 5.74) is 11.5. The molecule has 0 aliphatic rings. The minimum atomic E-state index is -0.370. The van der Waals surface area contributed by atoms with Gasteiger partial charge in [-0.3, -0.25) is 4.79 Å². The van der Waals surface area contributed by atoms with Crippen LogP contribution in [-0.4, -0.2) is 5.91 Å². The van der Waals surface area contributed by atoms with E-state index in [2.05, 4.69) is 56.4 Å². The van der Waals surface area contributed by atoms with Crippen molar-refractivity contribution in [2.75, 3.05) is 5.32 Å². The summed E-state index contributed by atoms with van der Waals surface area (Å²) in [6.45, 7) is 8.35. The number of amides is 1. The smallest absolute Gasteiger partial charge is 0.248 e. The molecule has 0 fully saturated rings. The van der Waals surface area contributed by atoms with Crippen LogP contribution >= 0.6 is 0 Å². The number of allylic oxidation sites excluding steroid dienone is 1. The quantitative estimate of drug-likeness (QED) is 0.805. The van der Waals surface area contributed by atoms with Gasteiger partial charge in [0.1, 0.15) is 0 Å². The van der Waals surface area contributed by atoms with Gasteiger partial charge >= 0.3 is 0 Å². The Morgan fingerprint density at radius 2 is 1.83 bits per heavy atom. The van der Waals surface area contributed by atoms with E-state index in [4.69, 9.17) is 5.73 Å². The second-order valence-corrected chi connectivity index (χ2v) is 6.53. The van der Waals surface area contributed by atoms with Crippen LogP contribution in [-0.2, 0) is 6.42 Å². The molecular formula is C21H26N2O. The van der Waals surface area contributed by atoms with E-state index < -0.39 is 0 Å². The van der Waals surface area contributed by atoms with Crippen molar-refractivity contribution in [3.05, 3.63) is 70.8 Å². The summed E-state index contributed by atoms with van der Waals surface area (Å²) >= 11 is 0. The first-order valence-electron chi connectivity index (χ1n) is 8.33. The Labute approximate surface area is 144 Å². The van der Waals surface area contributed by atoms with Gasteiger partial charge in [0, 0.05) is 16.9 Å². The van der Waals surface area contributed by atoms with Crippen molar-refractivity contribution in [1.82, 2.24) is 0 Å². The number of carbonyl (C=O) groups is 1. The lowest BCUT2D eigenvalue weighted by molar-refractivity contribution is 0.0999. The molecule has 0 aliphatic heterocycles. The first-order chi connectivity index (χ1) is 11.4. The maximum Gasteiger partial charge on any atom is 0.248 e. The van der Waals surface area contributed by atoms with E-state index in [0.29, 0.717) is 11.5 Å². The number of benzene rings is 2. The Kier molecular flexibility index (Phi) is 5.80. The summed E-state index contributed by atoms with van der Waals surface area (Å²) in [6.07, 6.45) is 2.87. The number of primary amides is 1. The Hall–Kier alpha value is -2.55. The first kappa shape index (κ1) is 17.8. The van der Waals surface area contributed by atoms with Crippen LogP contribution in [0.5, 0.6) is 0 Å². The molecule has 0 aromatic heterocycles. The van der Waals surface area contributed by atoms with Gasteiger partial charge in [0.05, 0.1) is 0 Å². The molecule has 3 heteroatoms. The molecule has 0 aliphatic carbocycles. The highest BCUT2D eigenvalue weighted by molar-refractivity contribution is 5.95. The fraction of sp³-hybridized carbons (Fsp3) is 0.286. The van der Waals surface area contributed by atoms with E-state index in [0.717, 1.165) is 28.9 Å². The van der Waals surface area contributed by atoms with Crippen LogP contribution < -0.4 is 11.1 Å². The molecule has 24 heavy (non-hydrogen) atoms. The topological polar surface area (TPSA) is 55.1 Å². The second kappa shape index (κ2) is 7.82. The fourth-order valence-corrected chi connectivity index (χ4v) is 2.71. The van der Waals surface area contributed by atoms with E-state index in [1.54, 1.807) is 0 Å². The molecule has 2 aromatic rings. The second-order valence-electron chi connectivity index (χ2n) is 6.53. The molecule has 0 unspecified atom stereocenters. The number of nitrogens with one attached hydrogen (secondary N) is 1. The van der Waals surface area contributed by atoms with Crippen molar-refractivity contribution in [2.45, 2.75) is 34.1 Å². The van der Waals surface area contributed by atoms with Gasteiger partial charge in [0.15, 0.2) is 0 Å². The van der Waals surface area contributed by atoms with E-state index in [1.807, 2.05) is 25.1 Å². The van der Waals surface area contributed by atoms with E-state index in [-0.39, 0.29) is 5.91 Å². The van der Waals surface area contributed by atoms with Crippen LogP contribution in [0.15, 0.2) is 48.5 Å². The van der Waals surface area contributed by atoms with E-state index in [9.17, 15) is 4.79 Å². The molecule has 0 spiro atoms. The van der Waals surface area contributed by atoms with Gasteiger partial charge in [-0.15, -0.1) is 0 Å². The Balaban J connectivity index is 2.34. The number of nitrogens with two attached hydrogens (primary N) is 1. The van der Waals surface area contributed by atoms with Gasteiger partial charge in [0.25, 0.3) is 0 Å². The van der Waals surface area contributed by atoms with Crippen LogP contribution in [0.25, 0.3) is 5.70 Å². The largest absolute Gasteiger partial charge is 0.366 e. The van der Waals surface area contributed by atoms with Crippen molar-refractivity contribution in [1.29, 1.82) is 0 Å². The Morgan fingerprint density at radius 3 is 2.38 bits per heavy atom. The molecule has 0 atom stereocenters. The van der Waals surface area contributed by atoms with Crippen LogP contribution in [0.4, 0.5) is 5.69 Å². The molecule has 2 rings (SSSR count). The summed E-state index contributed by atoms with van der Waals surface area (Å²) in [6, 6.07) is 14.1. The third kappa shape index (κ3) is 4.48. The van der Waals surface area contributed by atoms with Gasteiger partial charge in [-0.05, 0) is 61.6 Å². The van der Waals surface area contributed by atoms with Gasteiger partial charge in [-0.2, -0.15) is 0 Å². The van der Waals surface area contributed by atoms with Crippen LogP contribution in [0, 0.1) is 12.8 Å². The molecule has 0 heterocycles. The molecule has 126 valence electrons. The number of hydrogen-bond acceptors (Lipinski definition) is 2. The highest BCUT2D eigenvalue weighted by Crippen LogP contribution is 2.23. The van der Waals surface area contributed by atoms with Crippen molar-refractivity contribution >= 4 is 17.3 Å². The number of carbonyl (C=O) groups excluding carboxylic acids is 1. The minimum Gasteiger partial charge on any atom is -0.366 e. The molecule has 3 N–H and O–H groups in total. The molecular weight excluding hydrogens is 296 g/mol. The zero-order chi connectivity index (χ0) is 17.7. The predicted octanol–water partition coefficient (Wildman–Crippen LogP) is 4.77. The Bertz CT molecular complexity index is 743. The predicted molar refractivity (Wildman–Crippen MR) is 102 cm³/mol. The molecule has 0 bridgehead atoms. The monoisotopic (exact) mass is 322 g/mol. The number of hydrogen-bond donors (Lipinski definition) is 2. The summed E-state index contributed by atoms with van der Waals surface area (Å²) in [5, 5.41) is 3.45. The maximum absolute atomic E-state index is 11.7. The van der Waals surface area contributed by atoms with Gasteiger partial charge in [-0.1, -0.05) is 43.7 Å². The fourth-order valence-electron chi connectivity index (χ4n) is 2.71. The zero-order valence-electron chi connectivity index (χ0n) is 14.9. The lowest BCUT2D eigenvalue weighted by atomic mass is 9.94. The number of rotatable bonds is 6. The molecule has 0 saturated heterocycles. The lowest BCUT2D eigenvalue weighted by Gasteiger charge is -2.15. The molecule has 2 aromatic carbocycles. The normalized spacial score (nSPS) is 11.6. The van der Waals surface area contributed by atoms with E-state index in [1.165, 1.54) is 5.56 Å². The standard InChI is InChI=1S/C21H26N2O/c1-5-20(23-18-9-6-15(4)7-10-18)16-8-11-19(21(22)24)17(13-16)12-14(2)3/h5-11,13-14,23H,12H2,1-4H3,(H2,22,24)/b20-5+. The average Bonchev–Trinajstić information content (AvgIpc) is 2.53. The van der Waals surface area contributed by atoms with Crippen molar-refractivity contribution in [2.24, 2.45) is 11.7 Å². The molecule has 3 nitrogen and oxygen atoms in total. The minimum absolute atomic E-state index is 0.370. The molecule has 0 saturated carbocycles. The van der Waals surface area contributed by atoms with Crippen LogP contribution in [0.1, 0.15) is 47.8 Å². The highest BCUT2D eigenvalue weighted by atomic mass is 16.1. The van der Waals surface area contributed by atoms with Crippen molar-refractivity contribution in [3.63, 3.8) is 0 Å². The maximum atomic E-state index is 11.7. The van der Waals surface area contributed by atoms with Gasteiger partial charge in [0.2, 0.25) is 5.91 Å². The van der Waals surface area contributed by atoms with Gasteiger partial charge in [-0.25, -0.2) is 0 Å². The van der Waals surface area contributed by atoms with Crippen LogP contribution in [0.3, 0.4) is 0 Å². The number of anilines is 1. The summed E-state index contributed by atoms with van der Waals surface area (Å²) < 4.78 is 0. The van der Waals surface area contributed by atoms with Crippen molar-refractivity contribution in [3.8, 4) is 0 Å². The lowest BCUT2D eigenvalue weighted by Crippen LogP contribution is -2.15. The van der Waals surface area contributed by atoms with Crippen LogP contribution in [0.2, 0.25) is 0 Å². The molecule has 1 amide bonds. The summed E-state index contributed by atoms with van der Waals surface area (Å²) in [5.74, 6) is 0.0863. The summed E-state index contributed by atoms with van der Waals surface area (Å²) in [7, 11) is 0.